The summed E-state index contributed by atoms with van der Waals surface area (Å²) in [6, 6.07) is 4.78. The van der Waals surface area contributed by atoms with Crippen molar-refractivity contribution in [2.24, 2.45) is 0 Å². The van der Waals surface area contributed by atoms with Gasteiger partial charge < -0.3 is 4.74 Å². The molecule has 0 radical (unpaired) electrons. The van der Waals surface area contributed by atoms with E-state index in [-0.39, 0.29) is 24.2 Å². The highest BCUT2D eigenvalue weighted by Gasteiger charge is 2.17. The van der Waals surface area contributed by atoms with E-state index in [4.69, 9.17) is 4.74 Å². The largest absolute Gasteiger partial charge is 0.465 e. The summed E-state index contributed by atoms with van der Waals surface area (Å²) in [4.78, 5) is 23.8. The highest BCUT2D eigenvalue weighted by molar-refractivity contribution is 9.10. The minimum absolute atomic E-state index is 0.0344. The molecule has 6 nitrogen and oxygen atoms in total. The molecule has 1 rings (SSSR count). The topological polar surface area (TPSA) is 72.7 Å². The Balaban J connectivity index is 2.84. The van der Waals surface area contributed by atoms with Crippen LogP contribution in [0, 0.1) is 10.1 Å². The fourth-order valence-electron chi connectivity index (χ4n) is 1.79. The number of carbonyl (C=O) groups is 1. The van der Waals surface area contributed by atoms with Crippen LogP contribution in [-0.4, -0.2) is 35.0 Å². The Hall–Kier alpha value is -1.47. The first-order chi connectivity index (χ1) is 9.85. The Morgan fingerprint density at radius 3 is 2.62 bits per heavy atom. The molecular formula is C14H19BrN2O4. The molecular weight excluding hydrogens is 340 g/mol. The number of esters is 1. The molecule has 0 heterocycles. The lowest BCUT2D eigenvalue weighted by atomic mass is 10.1. The average molecular weight is 359 g/mol. The van der Waals surface area contributed by atoms with Crippen LogP contribution in [0.2, 0.25) is 0 Å². The highest BCUT2D eigenvalue weighted by atomic mass is 79.9. The van der Waals surface area contributed by atoms with Gasteiger partial charge in [0.25, 0.3) is 5.69 Å². The lowest BCUT2D eigenvalue weighted by Gasteiger charge is -2.25. The van der Waals surface area contributed by atoms with Crippen LogP contribution in [0.1, 0.15) is 26.3 Å². The van der Waals surface area contributed by atoms with Crippen molar-refractivity contribution < 1.29 is 14.5 Å². The van der Waals surface area contributed by atoms with Crippen LogP contribution in [-0.2, 0) is 16.1 Å². The van der Waals surface area contributed by atoms with Crippen LogP contribution in [0.15, 0.2) is 22.7 Å². The minimum atomic E-state index is -0.437. The zero-order chi connectivity index (χ0) is 16.0. The summed E-state index contributed by atoms with van der Waals surface area (Å²) < 4.78 is 5.62. The number of carbonyl (C=O) groups excluding carboxylic acids is 1. The number of benzene rings is 1. The Morgan fingerprint density at radius 2 is 2.14 bits per heavy atom. The molecule has 0 bridgehead atoms. The third-order valence-corrected chi connectivity index (χ3v) is 3.73. The van der Waals surface area contributed by atoms with Gasteiger partial charge in [-0.1, -0.05) is 15.9 Å². The van der Waals surface area contributed by atoms with Gasteiger partial charge in [-0.3, -0.25) is 19.8 Å². The molecule has 21 heavy (non-hydrogen) atoms. The summed E-state index contributed by atoms with van der Waals surface area (Å²) in [6.45, 7) is 6.79. The molecule has 0 N–H and O–H groups in total. The normalized spacial score (nSPS) is 11.0. The first-order valence-electron chi connectivity index (χ1n) is 6.67. The molecule has 0 amide bonds. The van der Waals surface area contributed by atoms with Crippen molar-refractivity contribution in [3.05, 3.63) is 38.3 Å². The Labute approximate surface area is 132 Å². The van der Waals surface area contributed by atoms with Crippen molar-refractivity contribution in [2.75, 3.05) is 13.2 Å². The smallest absolute Gasteiger partial charge is 0.320 e. The number of hydrogen-bond donors (Lipinski definition) is 0. The van der Waals surface area contributed by atoms with Crippen molar-refractivity contribution in [1.82, 2.24) is 4.90 Å². The monoisotopic (exact) mass is 358 g/mol. The van der Waals surface area contributed by atoms with Gasteiger partial charge in [-0.2, -0.15) is 0 Å². The van der Waals surface area contributed by atoms with Crippen molar-refractivity contribution in [3.63, 3.8) is 0 Å². The first kappa shape index (κ1) is 17.6. The molecule has 0 atom stereocenters. The van der Waals surface area contributed by atoms with Crippen LogP contribution in [0.4, 0.5) is 5.69 Å². The summed E-state index contributed by atoms with van der Waals surface area (Å²) in [5.41, 5.74) is 0.922. The third kappa shape index (κ3) is 5.43. The maximum Gasteiger partial charge on any atom is 0.320 e. The number of ether oxygens (including phenoxy) is 1. The number of rotatable bonds is 7. The maximum atomic E-state index is 11.6. The first-order valence-corrected chi connectivity index (χ1v) is 7.47. The summed E-state index contributed by atoms with van der Waals surface area (Å²) >= 11 is 3.34. The van der Waals surface area contributed by atoms with Gasteiger partial charge in [-0.05, 0) is 32.4 Å². The van der Waals surface area contributed by atoms with Crippen LogP contribution >= 0.6 is 15.9 Å². The van der Waals surface area contributed by atoms with Gasteiger partial charge in [0.15, 0.2) is 0 Å². The van der Waals surface area contributed by atoms with Crippen LogP contribution in [0.25, 0.3) is 0 Å². The molecule has 0 aliphatic carbocycles. The number of halogens is 1. The van der Waals surface area contributed by atoms with E-state index in [0.29, 0.717) is 17.6 Å². The third-order valence-electron chi connectivity index (χ3n) is 2.99. The average Bonchev–Trinajstić information content (AvgIpc) is 2.39. The second-order valence-corrected chi connectivity index (χ2v) is 5.69. The molecule has 0 spiro atoms. The molecule has 0 unspecified atom stereocenters. The van der Waals surface area contributed by atoms with E-state index in [9.17, 15) is 14.9 Å². The summed E-state index contributed by atoms with van der Waals surface area (Å²) in [5, 5.41) is 10.7. The van der Waals surface area contributed by atoms with E-state index in [1.807, 2.05) is 18.7 Å². The van der Waals surface area contributed by atoms with Gasteiger partial charge in [0.2, 0.25) is 0 Å². The van der Waals surface area contributed by atoms with Crippen molar-refractivity contribution in [2.45, 2.75) is 33.4 Å². The predicted molar refractivity (Wildman–Crippen MR) is 83.0 cm³/mol. The molecule has 0 fully saturated rings. The number of nitrogens with zero attached hydrogens (tertiary/aromatic N) is 2. The lowest BCUT2D eigenvalue weighted by molar-refractivity contribution is -0.384. The van der Waals surface area contributed by atoms with Gasteiger partial charge in [-0.15, -0.1) is 0 Å². The molecule has 0 aromatic heterocycles. The van der Waals surface area contributed by atoms with Crippen LogP contribution < -0.4 is 0 Å². The van der Waals surface area contributed by atoms with Crippen LogP contribution in [0.3, 0.4) is 0 Å². The van der Waals surface area contributed by atoms with E-state index >= 15 is 0 Å². The molecule has 116 valence electrons. The van der Waals surface area contributed by atoms with Gasteiger partial charge >= 0.3 is 5.97 Å². The maximum absolute atomic E-state index is 11.6. The van der Waals surface area contributed by atoms with Gasteiger partial charge in [-0.25, -0.2) is 0 Å². The van der Waals surface area contributed by atoms with Crippen molar-refractivity contribution in [3.8, 4) is 0 Å². The van der Waals surface area contributed by atoms with Crippen LogP contribution in [0.5, 0.6) is 0 Å². The number of nitro groups is 1. The zero-order valence-electron chi connectivity index (χ0n) is 12.3. The van der Waals surface area contributed by atoms with E-state index in [1.54, 1.807) is 13.0 Å². The second kappa shape index (κ2) is 8.09. The van der Waals surface area contributed by atoms with E-state index in [2.05, 4.69) is 15.9 Å². The van der Waals surface area contributed by atoms with E-state index in [0.717, 1.165) is 5.56 Å². The van der Waals surface area contributed by atoms with E-state index in [1.165, 1.54) is 12.1 Å². The SMILES string of the molecule is CCOC(=O)CN(Cc1ccc([N+](=O)[O-])cc1Br)C(C)C. The molecule has 1 aromatic rings. The minimum Gasteiger partial charge on any atom is -0.465 e. The summed E-state index contributed by atoms with van der Waals surface area (Å²) in [5.74, 6) is -0.274. The Morgan fingerprint density at radius 1 is 1.48 bits per heavy atom. The highest BCUT2D eigenvalue weighted by Crippen LogP contribution is 2.24. The molecule has 1 aromatic carbocycles. The quantitative estimate of drug-likeness (QED) is 0.425. The number of non-ortho nitro benzene ring substituents is 1. The van der Waals surface area contributed by atoms with Gasteiger partial charge in [0.1, 0.15) is 0 Å². The van der Waals surface area contributed by atoms with Crippen molar-refractivity contribution >= 4 is 27.6 Å². The summed E-state index contributed by atoms with van der Waals surface area (Å²) in [7, 11) is 0. The fourth-order valence-corrected chi connectivity index (χ4v) is 2.28. The lowest BCUT2D eigenvalue weighted by Crippen LogP contribution is -2.36. The molecule has 0 aliphatic heterocycles. The molecule has 7 heteroatoms. The second-order valence-electron chi connectivity index (χ2n) is 4.84. The molecule has 0 saturated heterocycles. The Kier molecular flexibility index (Phi) is 6.77. The molecule has 0 saturated carbocycles. The number of nitro benzene ring substituents is 1. The predicted octanol–water partition coefficient (Wildman–Crippen LogP) is 3.13. The fraction of sp³-hybridized carbons (Fsp3) is 0.500. The van der Waals surface area contributed by atoms with E-state index < -0.39 is 4.92 Å². The molecule has 0 aliphatic rings. The zero-order valence-corrected chi connectivity index (χ0v) is 13.9. The number of hydrogen-bond acceptors (Lipinski definition) is 5. The standard InChI is InChI=1S/C14H19BrN2O4/c1-4-21-14(18)9-16(10(2)3)8-11-5-6-12(17(19)20)7-13(11)15/h5-7,10H,4,8-9H2,1-3H3. The summed E-state index contributed by atoms with van der Waals surface area (Å²) in [6.07, 6.45) is 0. The van der Waals surface area contributed by atoms with Gasteiger partial charge in [0, 0.05) is 29.2 Å². The Bertz CT molecular complexity index is 520. The van der Waals surface area contributed by atoms with Gasteiger partial charge in [0.05, 0.1) is 18.1 Å². The van der Waals surface area contributed by atoms with Crippen molar-refractivity contribution in [1.29, 1.82) is 0 Å².